The molecule has 1 heterocycles. The van der Waals surface area contributed by atoms with E-state index in [0.29, 0.717) is 22.5 Å². The van der Waals surface area contributed by atoms with Gasteiger partial charge >= 0.3 is 12.4 Å². The monoisotopic (exact) mass is 498 g/mol. The Morgan fingerprint density at radius 3 is 2.34 bits per heavy atom. The molecule has 1 aliphatic carbocycles. The highest BCUT2D eigenvalue weighted by Gasteiger charge is 2.52. The van der Waals surface area contributed by atoms with E-state index in [2.05, 4.69) is 4.98 Å². The minimum absolute atomic E-state index is 0.127. The van der Waals surface area contributed by atoms with Crippen LogP contribution in [0, 0.1) is 0 Å². The van der Waals surface area contributed by atoms with Crippen LogP contribution in [0.2, 0.25) is 0 Å². The highest BCUT2D eigenvalue weighted by atomic mass is 19.4. The van der Waals surface area contributed by atoms with Gasteiger partial charge < -0.3 is 15.2 Å². The lowest BCUT2D eigenvalue weighted by Crippen LogP contribution is -2.44. The zero-order valence-electron chi connectivity index (χ0n) is 18.3. The van der Waals surface area contributed by atoms with Gasteiger partial charge in [0.2, 0.25) is 5.91 Å². The molecule has 0 saturated heterocycles. The summed E-state index contributed by atoms with van der Waals surface area (Å²) >= 11 is 0. The van der Waals surface area contributed by atoms with E-state index in [1.807, 2.05) is 0 Å². The number of hydrogen-bond acceptors (Lipinski definition) is 3. The number of benzene rings is 2. The van der Waals surface area contributed by atoms with E-state index in [4.69, 9.17) is 5.73 Å². The first-order valence-electron chi connectivity index (χ1n) is 10.7. The number of rotatable bonds is 6. The van der Waals surface area contributed by atoms with E-state index in [1.54, 1.807) is 6.92 Å². The minimum atomic E-state index is -5.05. The molecule has 2 aromatic carbocycles. The number of carbonyl (C=O) groups is 2. The Kier molecular flexibility index (Phi) is 6.02. The lowest BCUT2D eigenvalue weighted by atomic mass is 10.0. The second-order valence-electron chi connectivity index (χ2n) is 8.26. The van der Waals surface area contributed by atoms with Crippen LogP contribution in [-0.2, 0) is 12.7 Å². The van der Waals surface area contributed by atoms with Gasteiger partial charge in [-0.1, -0.05) is 12.1 Å². The number of aryl methyl sites for hydroxylation is 1. The third kappa shape index (κ3) is 4.69. The Labute approximate surface area is 195 Å². The van der Waals surface area contributed by atoms with Crippen molar-refractivity contribution >= 4 is 22.8 Å². The average molecular weight is 498 g/mol. The highest BCUT2D eigenvalue weighted by molar-refractivity contribution is 5.99. The molecule has 12 heteroatoms. The van der Waals surface area contributed by atoms with Crippen LogP contribution in [-0.4, -0.2) is 38.5 Å². The number of primary amides is 1. The summed E-state index contributed by atoms with van der Waals surface area (Å²) in [5, 5.41) is 0. The third-order valence-corrected chi connectivity index (χ3v) is 5.83. The molecular weight excluding hydrogens is 478 g/mol. The van der Waals surface area contributed by atoms with E-state index in [0.717, 1.165) is 12.1 Å². The lowest BCUT2D eigenvalue weighted by molar-refractivity contribution is -0.181. The fourth-order valence-corrected chi connectivity index (χ4v) is 4.11. The van der Waals surface area contributed by atoms with Crippen LogP contribution in [0.1, 0.15) is 57.9 Å². The van der Waals surface area contributed by atoms with Crippen LogP contribution < -0.4 is 5.73 Å². The van der Waals surface area contributed by atoms with Gasteiger partial charge in [-0.3, -0.25) is 9.59 Å². The molecule has 6 nitrogen and oxygen atoms in total. The van der Waals surface area contributed by atoms with Crippen LogP contribution in [0.4, 0.5) is 26.3 Å². The molecule has 4 rings (SSSR count). The first-order valence-corrected chi connectivity index (χ1v) is 10.7. The number of halogens is 6. The summed E-state index contributed by atoms with van der Waals surface area (Å²) in [4.78, 5) is 29.9. The zero-order chi connectivity index (χ0) is 25.7. The number of nitrogens with zero attached hydrogens (tertiary/aromatic N) is 3. The Morgan fingerprint density at radius 1 is 1.11 bits per heavy atom. The molecule has 1 aromatic heterocycles. The maximum atomic E-state index is 14.3. The van der Waals surface area contributed by atoms with Crippen molar-refractivity contribution < 1.29 is 35.9 Å². The Hall–Kier alpha value is -3.57. The Bertz CT molecular complexity index is 1290. The van der Waals surface area contributed by atoms with E-state index < -0.39 is 47.4 Å². The molecule has 1 saturated carbocycles. The fraction of sp³-hybridized carbons (Fsp3) is 0.348. The van der Waals surface area contributed by atoms with Crippen molar-refractivity contribution in [2.75, 3.05) is 0 Å². The normalized spacial score (nSPS) is 15.3. The lowest BCUT2D eigenvalue weighted by Gasteiger charge is -2.34. The molecule has 0 radical (unpaired) electrons. The van der Waals surface area contributed by atoms with E-state index >= 15 is 0 Å². The molecule has 2 amide bonds. The molecule has 1 atom stereocenters. The second kappa shape index (κ2) is 8.58. The Balaban J connectivity index is 1.85. The summed E-state index contributed by atoms with van der Waals surface area (Å²) in [5.74, 6) is -2.10. The predicted molar refractivity (Wildman–Crippen MR) is 113 cm³/mol. The first-order chi connectivity index (χ1) is 16.3. The molecule has 35 heavy (non-hydrogen) atoms. The van der Waals surface area contributed by atoms with E-state index in [9.17, 15) is 35.9 Å². The van der Waals surface area contributed by atoms with Gasteiger partial charge in [0.1, 0.15) is 0 Å². The van der Waals surface area contributed by atoms with Crippen molar-refractivity contribution in [3.63, 3.8) is 0 Å². The highest BCUT2D eigenvalue weighted by Crippen LogP contribution is 2.45. The van der Waals surface area contributed by atoms with Crippen LogP contribution in [0.25, 0.3) is 11.0 Å². The minimum Gasteiger partial charge on any atom is -0.366 e. The molecule has 0 bridgehead atoms. The van der Waals surface area contributed by atoms with Gasteiger partial charge in [0, 0.05) is 18.2 Å². The fourth-order valence-electron chi connectivity index (χ4n) is 4.11. The maximum absolute atomic E-state index is 14.3. The van der Waals surface area contributed by atoms with Crippen LogP contribution >= 0.6 is 0 Å². The summed E-state index contributed by atoms with van der Waals surface area (Å²) in [7, 11) is 0. The van der Waals surface area contributed by atoms with Crippen molar-refractivity contribution in [3.05, 3.63) is 65.0 Å². The molecule has 1 fully saturated rings. The summed E-state index contributed by atoms with van der Waals surface area (Å²) in [6.45, 7) is 1.78. The summed E-state index contributed by atoms with van der Waals surface area (Å²) < 4.78 is 84.0. The van der Waals surface area contributed by atoms with Crippen molar-refractivity contribution in [2.24, 2.45) is 5.73 Å². The van der Waals surface area contributed by atoms with Crippen molar-refractivity contribution in [1.29, 1.82) is 0 Å². The van der Waals surface area contributed by atoms with Crippen molar-refractivity contribution in [3.8, 4) is 0 Å². The quantitative estimate of drug-likeness (QED) is 0.482. The van der Waals surface area contributed by atoms with E-state index in [-0.39, 0.29) is 36.3 Å². The zero-order valence-corrected chi connectivity index (χ0v) is 18.3. The SMILES string of the molecule is CCn1c(C(=O)N(C2CC2)C(c2cccc(C(F)(F)F)c2)C(F)(F)F)nc2ccc(C(N)=O)cc21. The molecule has 0 aliphatic heterocycles. The number of imidazole rings is 1. The van der Waals surface area contributed by atoms with Crippen LogP contribution in [0.15, 0.2) is 42.5 Å². The van der Waals surface area contributed by atoms with Gasteiger partial charge in [0.25, 0.3) is 5.91 Å². The van der Waals surface area contributed by atoms with Crippen LogP contribution in [0.5, 0.6) is 0 Å². The van der Waals surface area contributed by atoms with Gasteiger partial charge in [-0.25, -0.2) is 4.98 Å². The van der Waals surface area contributed by atoms with Crippen LogP contribution in [0.3, 0.4) is 0 Å². The molecule has 1 aliphatic rings. The summed E-state index contributed by atoms with van der Waals surface area (Å²) in [6, 6.07) is 3.69. The smallest absolute Gasteiger partial charge is 0.366 e. The number of carbonyl (C=O) groups excluding carboxylic acids is 2. The second-order valence-corrected chi connectivity index (χ2v) is 8.26. The summed E-state index contributed by atoms with van der Waals surface area (Å²) in [5.41, 5.74) is 4.08. The number of hydrogen-bond donors (Lipinski definition) is 1. The molecule has 0 spiro atoms. The van der Waals surface area contributed by atoms with Gasteiger partial charge in [0.05, 0.1) is 16.6 Å². The molecule has 186 valence electrons. The number of fused-ring (bicyclic) bond motifs is 1. The first kappa shape index (κ1) is 24.6. The number of aromatic nitrogens is 2. The van der Waals surface area contributed by atoms with E-state index in [1.165, 1.54) is 22.8 Å². The topological polar surface area (TPSA) is 81.2 Å². The van der Waals surface area contributed by atoms with Gasteiger partial charge in [-0.05, 0) is 55.7 Å². The van der Waals surface area contributed by atoms with Crippen molar-refractivity contribution in [1.82, 2.24) is 14.5 Å². The molecular formula is C23H20F6N4O2. The maximum Gasteiger partial charge on any atom is 0.416 e. The number of amides is 2. The average Bonchev–Trinajstić information content (AvgIpc) is 3.54. The standard InChI is InChI=1S/C23H20F6N4O2/c1-2-32-17-11-13(19(30)34)6-9-16(17)31-20(32)21(35)33(15-7-8-15)18(23(27,28)29)12-4-3-5-14(10-12)22(24,25)26/h3-6,9-11,15,18H,2,7-8H2,1H3,(H2,30,34). The number of alkyl halides is 6. The number of nitrogens with two attached hydrogens (primary N) is 1. The van der Waals surface area contributed by atoms with Gasteiger partial charge in [0.15, 0.2) is 11.9 Å². The Morgan fingerprint density at radius 2 is 1.80 bits per heavy atom. The summed E-state index contributed by atoms with van der Waals surface area (Å²) in [6.07, 6.45) is -9.36. The predicted octanol–water partition coefficient (Wildman–Crippen LogP) is 5.08. The molecule has 3 aromatic rings. The largest absolute Gasteiger partial charge is 0.416 e. The molecule has 1 unspecified atom stereocenters. The van der Waals surface area contributed by atoms with Gasteiger partial charge in [-0.15, -0.1) is 0 Å². The van der Waals surface area contributed by atoms with Gasteiger partial charge in [-0.2, -0.15) is 26.3 Å². The van der Waals surface area contributed by atoms with Crippen molar-refractivity contribution in [2.45, 2.75) is 50.7 Å². The third-order valence-electron chi connectivity index (χ3n) is 5.83. The molecule has 2 N–H and O–H groups in total.